The van der Waals surface area contributed by atoms with Crippen molar-refractivity contribution in [2.45, 2.75) is 25.8 Å². The standard InChI is InChI=1S/C16H17N3O2/c1-16(2)9-11-6-4-5-7-13(11)19(16)15(20)12-8-14(21-3)18-10-17-12/h4-8,10H,9H2,1-3H3. The SMILES string of the molecule is COc1cc(C(=O)N2c3ccccc3CC2(C)C)ncn1. The van der Waals surface area contributed by atoms with E-state index in [2.05, 4.69) is 29.9 Å². The van der Waals surface area contributed by atoms with Gasteiger partial charge in [0.1, 0.15) is 12.0 Å². The second-order valence-electron chi connectivity index (χ2n) is 5.70. The molecule has 0 saturated heterocycles. The molecule has 0 bridgehead atoms. The molecule has 21 heavy (non-hydrogen) atoms. The Labute approximate surface area is 123 Å². The number of para-hydroxylation sites is 1. The third-order valence-corrected chi connectivity index (χ3v) is 3.73. The lowest BCUT2D eigenvalue weighted by Crippen LogP contribution is -2.45. The van der Waals surface area contributed by atoms with Gasteiger partial charge in [0, 0.05) is 17.3 Å². The van der Waals surface area contributed by atoms with E-state index in [1.807, 2.05) is 23.1 Å². The Morgan fingerprint density at radius 3 is 2.81 bits per heavy atom. The van der Waals surface area contributed by atoms with Crippen molar-refractivity contribution in [3.05, 3.63) is 47.9 Å². The lowest BCUT2D eigenvalue weighted by Gasteiger charge is -2.31. The van der Waals surface area contributed by atoms with Gasteiger partial charge in [0.25, 0.3) is 5.91 Å². The van der Waals surface area contributed by atoms with Gasteiger partial charge < -0.3 is 9.64 Å². The number of carbonyl (C=O) groups excluding carboxylic acids is 1. The summed E-state index contributed by atoms with van der Waals surface area (Å²) in [7, 11) is 1.52. The minimum Gasteiger partial charge on any atom is -0.481 e. The molecular weight excluding hydrogens is 266 g/mol. The van der Waals surface area contributed by atoms with Crippen LogP contribution in [0.3, 0.4) is 0 Å². The van der Waals surface area contributed by atoms with Gasteiger partial charge >= 0.3 is 0 Å². The highest BCUT2D eigenvalue weighted by atomic mass is 16.5. The van der Waals surface area contributed by atoms with Crippen molar-refractivity contribution in [1.82, 2.24) is 9.97 Å². The van der Waals surface area contributed by atoms with Gasteiger partial charge in [-0.1, -0.05) is 18.2 Å². The number of carbonyl (C=O) groups is 1. The van der Waals surface area contributed by atoms with Crippen molar-refractivity contribution >= 4 is 11.6 Å². The van der Waals surface area contributed by atoms with Gasteiger partial charge in [-0.25, -0.2) is 9.97 Å². The maximum absolute atomic E-state index is 12.9. The number of amides is 1. The highest BCUT2D eigenvalue weighted by Crippen LogP contribution is 2.39. The summed E-state index contributed by atoms with van der Waals surface area (Å²) in [4.78, 5) is 22.7. The predicted octanol–water partition coefficient (Wildman–Crippen LogP) is 2.47. The summed E-state index contributed by atoms with van der Waals surface area (Å²) in [6, 6.07) is 9.54. The van der Waals surface area contributed by atoms with Crippen molar-refractivity contribution in [2.75, 3.05) is 12.0 Å². The first-order valence-electron chi connectivity index (χ1n) is 6.81. The minimum absolute atomic E-state index is 0.134. The van der Waals surface area contributed by atoms with Crippen molar-refractivity contribution in [2.24, 2.45) is 0 Å². The fourth-order valence-electron chi connectivity index (χ4n) is 2.82. The molecule has 5 nitrogen and oxygen atoms in total. The molecule has 5 heteroatoms. The molecule has 2 heterocycles. The monoisotopic (exact) mass is 283 g/mol. The summed E-state index contributed by atoms with van der Waals surface area (Å²) in [5.74, 6) is 0.254. The summed E-state index contributed by atoms with van der Waals surface area (Å²) in [5, 5.41) is 0. The molecule has 1 aliphatic heterocycles. The van der Waals surface area contributed by atoms with E-state index in [4.69, 9.17) is 4.74 Å². The average molecular weight is 283 g/mol. The zero-order valence-electron chi connectivity index (χ0n) is 12.3. The van der Waals surface area contributed by atoms with Gasteiger partial charge in [-0.3, -0.25) is 4.79 Å². The van der Waals surface area contributed by atoms with Crippen LogP contribution < -0.4 is 9.64 Å². The quantitative estimate of drug-likeness (QED) is 0.849. The fraction of sp³-hybridized carbons (Fsp3) is 0.312. The minimum atomic E-state index is -0.279. The first kappa shape index (κ1) is 13.5. The van der Waals surface area contributed by atoms with Gasteiger partial charge in [-0.2, -0.15) is 0 Å². The molecule has 3 rings (SSSR count). The van der Waals surface area contributed by atoms with E-state index in [9.17, 15) is 4.79 Å². The smallest absolute Gasteiger partial charge is 0.277 e. The number of anilines is 1. The van der Waals surface area contributed by atoms with Gasteiger partial charge in [0.2, 0.25) is 5.88 Å². The molecule has 0 aliphatic carbocycles. The summed E-state index contributed by atoms with van der Waals surface area (Å²) in [6.07, 6.45) is 2.18. The number of methoxy groups -OCH3 is 1. The molecule has 0 saturated carbocycles. The number of nitrogens with zero attached hydrogens (tertiary/aromatic N) is 3. The lowest BCUT2D eigenvalue weighted by molar-refractivity contribution is 0.0961. The van der Waals surface area contributed by atoms with E-state index in [0.29, 0.717) is 11.6 Å². The van der Waals surface area contributed by atoms with E-state index >= 15 is 0 Å². The van der Waals surface area contributed by atoms with Crippen LogP contribution in [0.2, 0.25) is 0 Å². The van der Waals surface area contributed by atoms with E-state index in [1.165, 1.54) is 19.0 Å². The number of aromatic nitrogens is 2. The maximum atomic E-state index is 12.9. The molecule has 0 unspecified atom stereocenters. The molecule has 1 amide bonds. The fourth-order valence-corrected chi connectivity index (χ4v) is 2.82. The molecule has 108 valence electrons. The highest BCUT2D eigenvalue weighted by molar-refractivity contribution is 6.07. The summed E-state index contributed by atoms with van der Waals surface area (Å²) in [6.45, 7) is 4.12. The Hall–Kier alpha value is -2.43. The van der Waals surface area contributed by atoms with Crippen LogP contribution in [0.15, 0.2) is 36.7 Å². The van der Waals surface area contributed by atoms with Gasteiger partial charge in [-0.05, 0) is 31.9 Å². The van der Waals surface area contributed by atoms with Crippen molar-refractivity contribution in [1.29, 1.82) is 0 Å². The number of fused-ring (bicyclic) bond motifs is 1. The lowest BCUT2D eigenvalue weighted by atomic mass is 9.99. The number of rotatable bonds is 2. The second-order valence-corrected chi connectivity index (χ2v) is 5.70. The van der Waals surface area contributed by atoms with E-state index in [-0.39, 0.29) is 11.4 Å². The van der Waals surface area contributed by atoms with Crippen LogP contribution in [0.25, 0.3) is 0 Å². The van der Waals surface area contributed by atoms with Crippen molar-refractivity contribution < 1.29 is 9.53 Å². The molecule has 1 aromatic carbocycles. The van der Waals surface area contributed by atoms with E-state index in [1.54, 1.807) is 6.07 Å². The number of hydrogen-bond acceptors (Lipinski definition) is 4. The third-order valence-electron chi connectivity index (χ3n) is 3.73. The maximum Gasteiger partial charge on any atom is 0.277 e. The molecule has 0 spiro atoms. The van der Waals surface area contributed by atoms with Gasteiger partial charge in [0.05, 0.1) is 7.11 Å². The summed E-state index contributed by atoms with van der Waals surface area (Å²) in [5.41, 5.74) is 2.19. The zero-order chi connectivity index (χ0) is 15.0. The van der Waals surface area contributed by atoms with Crippen LogP contribution in [0.4, 0.5) is 5.69 Å². The molecular formula is C16H17N3O2. The second kappa shape index (κ2) is 4.84. The highest BCUT2D eigenvalue weighted by Gasteiger charge is 2.40. The first-order chi connectivity index (χ1) is 10.0. The first-order valence-corrected chi connectivity index (χ1v) is 6.81. The van der Waals surface area contributed by atoms with Crippen LogP contribution in [-0.2, 0) is 6.42 Å². The molecule has 0 radical (unpaired) electrons. The van der Waals surface area contributed by atoms with Crippen LogP contribution in [0.5, 0.6) is 5.88 Å². The Bertz CT molecular complexity index is 697. The largest absolute Gasteiger partial charge is 0.481 e. The zero-order valence-corrected chi connectivity index (χ0v) is 12.3. The Kier molecular flexibility index (Phi) is 3.12. The number of hydrogen-bond donors (Lipinski definition) is 0. The Balaban J connectivity index is 2.04. The van der Waals surface area contributed by atoms with Crippen LogP contribution in [0, 0.1) is 0 Å². The van der Waals surface area contributed by atoms with Gasteiger partial charge in [-0.15, -0.1) is 0 Å². The van der Waals surface area contributed by atoms with E-state index in [0.717, 1.165) is 12.1 Å². The normalized spacial score (nSPS) is 15.7. The molecule has 1 aromatic heterocycles. The van der Waals surface area contributed by atoms with E-state index < -0.39 is 0 Å². The van der Waals surface area contributed by atoms with Crippen LogP contribution in [0.1, 0.15) is 29.9 Å². The molecule has 0 atom stereocenters. The van der Waals surface area contributed by atoms with Crippen molar-refractivity contribution in [3.8, 4) is 5.88 Å². The van der Waals surface area contributed by atoms with Crippen molar-refractivity contribution in [3.63, 3.8) is 0 Å². The molecule has 0 N–H and O–H groups in total. The number of ether oxygens (including phenoxy) is 1. The average Bonchev–Trinajstić information content (AvgIpc) is 2.76. The van der Waals surface area contributed by atoms with Gasteiger partial charge in [0.15, 0.2) is 0 Å². The number of benzene rings is 1. The third kappa shape index (κ3) is 2.24. The molecule has 0 fully saturated rings. The topological polar surface area (TPSA) is 55.3 Å². The molecule has 1 aliphatic rings. The Morgan fingerprint density at radius 1 is 1.29 bits per heavy atom. The summed E-state index contributed by atoms with van der Waals surface area (Å²) < 4.78 is 5.07. The predicted molar refractivity (Wildman–Crippen MR) is 79.6 cm³/mol. The Morgan fingerprint density at radius 2 is 2.05 bits per heavy atom. The van der Waals surface area contributed by atoms with Crippen LogP contribution >= 0.6 is 0 Å². The summed E-state index contributed by atoms with van der Waals surface area (Å²) >= 11 is 0. The molecule has 2 aromatic rings. The van der Waals surface area contributed by atoms with Crippen LogP contribution in [-0.4, -0.2) is 28.5 Å².